The van der Waals surface area contributed by atoms with Crippen molar-refractivity contribution in [1.29, 1.82) is 5.41 Å². The zero-order valence-corrected chi connectivity index (χ0v) is 12.1. The van der Waals surface area contributed by atoms with Crippen LogP contribution in [0.25, 0.3) is 0 Å². The quantitative estimate of drug-likeness (QED) is 0.655. The Balaban J connectivity index is 1.72. The first-order chi connectivity index (χ1) is 9.74. The number of amidine groups is 1. The highest BCUT2D eigenvalue weighted by Gasteiger charge is 2.32. The highest BCUT2D eigenvalue weighted by molar-refractivity contribution is 5.95. The number of piperidine rings is 1. The van der Waals surface area contributed by atoms with E-state index in [-0.39, 0.29) is 5.84 Å². The summed E-state index contributed by atoms with van der Waals surface area (Å²) >= 11 is 0. The van der Waals surface area contributed by atoms with Crippen molar-refractivity contribution < 1.29 is 0 Å². The molecule has 0 spiro atoms. The fourth-order valence-electron chi connectivity index (χ4n) is 4.00. The maximum absolute atomic E-state index is 7.56. The molecule has 0 bridgehead atoms. The Hall–Kier alpha value is -1.35. The van der Waals surface area contributed by atoms with Crippen molar-refractivity contribution in [1.82, 2.24) is 4.90 Å². The minimum Gasteiger partial charge on any atom is -0.384 e. The smallest absolute Gasteiger partial charge is 0.122 e. The second-order valence-electron chi connectivity index (χ2n) is 6.34. The average Bonchev–Trinajstić information content (AvgIpc) is 2.48. The molecule has 1 aliphatic carbocycles. The second-order valence-corrected chi connectivity index (χ2v) is 6.34. The van der Waals surface area contributed by atoms with E-state index in [2.05, 4.69) is 17.0 Å². The largest absolute Gasteiger partial charge is 0.384 e. The first-order valence-corrected chi connectivity index (χ1v) is 7.91. The van der Waals surface area contributed by atoms with E-state index in [4.69, 9.17) is 11.1 Å². The van der Waals surface area contributed by atoms with Crippen LogP contribution in [0.2, 0.25) is 0 Å². The van der Waals surface area contributed by atoms with Gasteiger partial charge in [0.1, 0.15) is 5.84 Å². The molecule has 2 atom stereocenters. The van der Waals surface area contributed by atoms with Crippen LogP contribution in [-0.4, -0.2) is 23.3 Å². The zero-order valence-electron chi connectivity index (χ0n) is 12.1. The number of benzene rings is 1. The Morgan fingerprint density at radius 1 is 1.20 bits per heavy atom. The Labute approximate surface area is 121 Å². The summed E-state index contributed by atoms with van der Waals surface area (Å²) in [6, 6.07) is 8.98. The number of hydrogen-bond donors (Lipinski definition) is 2. The van der Waals surface area contributed by atoms with E-state index in [1.807, 2.05) is 12.1 Å². The molecule has 108 valence electrons. The van der Waals surface area contributed by atoms with Crippen molar-refractivity contribution in [3.8, 4) is 0 Å². The lowest BCUT2D eigenvalue weighted by Crippen LogP contribution is -2.46. The summed E-state index contributed by atoms with van der Waals surface area (Å²) in [7, 11) is 0. The Morgan fingerprint density at radius 2 is 2.00 bits per heavy atom. The molecule has 0 aromatic heterocycles. The van der Waals surface area contributed by atoms with Crippen LogP contribution in [0, 0.1) is 11.3 Å². The molecule has 1 aromatic rings. The number of nitrogens with zero attached hydrogens (tertiary/aromatic N) is 1. The highest BCUT2D eigenvalue weighted by Crippen LogP contribution is 2.35. The van der Waals surface area contributed by atoms with Crippen LogP contribution in [0.5, 0.6) is 0 Å². The van der Waals surface area contributed by atoms with Crippen LogP contribution in [-0.2, 0) is 6.54 Å². The molecule has 1 aromatic carbocycles. The number of nitrogens with two attached hydrogens (primary N) is 1. The fourth-order valence-corrected chi connectivity index (χ4v) is 4.00. The molecule has 3 nitrogen and oxygen atoms in total. The van der Waals surface area contributed by atoms with Gasteiger partial charge in [0.25, 0.3) is 0 Å². The topological polar surface area (TPSA) is 53.1 Å². The van der Waals surface area contributed by atoms with Gasteiger partial charge in [0.15, 0.2) is 0 Å². The lowest BCUT2D eigenvalue weighted by atomic mass is 9.78. The number of likely N-dealkylation sites (tertiary alicyclic amines) is 1. The molecular weight excluding hydrogens is 246 g/mol. The maximum atomic E-state index is 7.56. The molecule has 20 heavy (non-hydrogen) atoms. The van der Waals surface area contributed by atoms with E-state index in [1.165, 1.54) is 50.6 Å². The van der Waals surface area contributed by atoms with Crippen molar-refractivity contribution in [3.05, 3.63) is 35.4 Å². The highest BCUT2D eigenvalue weighted by atomic mass is 15.2. The number of nitrogen functional groups attached to an aromatic ring is 1. The Bertz CT molecular complexity index is 481. The van der Waals surface area contributed by atoms with E-state index in [0.29, 0.717) is 0 Å². The molecule has 0 radical (unpaired) electrons. The molecule has 3 heteroatoms. The summed E-state index contributed by atoms with van der Waals surface area (Å²) in [5.41, 5.74) is 7.73. The van der Waals surface area contributed by atoms with Crippen LogP contribution < -0.4 is 5.73 Å². The van der Waals surface area contributed by atoms with Crippen LogP contribution in [0.4, 0.5) is 0 Å². The fraction of sp³-hybridized carbons (Fsp3) is 0.588. The van der Waals surface area contributed by atoms with Crippen molar-refractivity contribution in [2.45, 2.75) is 51.1 Å². The first-order valence-electron chi connectivity index (χ1n) is 7.91. The summed E-state index contributed by atoms with van der Waals surface area (Å²) in [5, 5.41) is 7.56. The molecular formula is C17H25N3. The number of hydrogen-bond acceptors (Lipinski definition) is 2. The van der Waals surface area contributed by atoms with Gasteiger partial charge in [-0.25, -0.2) is 0 Å². The lowest BCUT2D eigenvalue weighted by molar-refractivity contribution is 0.0547. The van der Waals surface area contributed by atoms with Gasteiger partial charge in [-0.3, -0.25) is 10.3 Å². The molecule has 3 rings (SSSR count). The Morgan fingerprint density at radius 3 is 2.85 bits per heavy atom. The summed E-state index contributed by atoms with van der Waals surface area (Å²) in [4.78, 5) is 2.67. The van der Waals surface area contributed by atoms with Crippen LogP contribution in [0.1, 0.15) is 49.7 Å². The average molecular weight is 271 g/mol. The van der Waals surface area contributed by atoms with E-state index >= 15 is 0 Å². The van der Waals surface area contributed by atoms with Gasteiger partial charge in [0, 0.05) is 18.2 Å². The van der Waals surface area contributed by atoms with Gasteiger partial charge < -0.3 is 5.73 Å². The minimum absolute atomic E-state index is 0.168. The number of nitrogens with one attached hydrogen (secondary N) is 1. The van der Waals surface area contributed by atoms with Gasteiger partial charge in [0.2, 0.25) is 0 Å². The standard InChI is InChI=1S/C17H25N3/c18-17(19)15-7-3-5-13(11-15)12-20-10-4-8-14-6-1-2-9-16(14)20/h3,5,7,11,14,16H,1-2,4,6,8-10,12H2,(H3,18,19). The van der Waals surface area contributed by atoms with Gasteiger partial charge in [-0.15, -0.1) is 0 Å². The third kappa shape index (κ3) is 2.88. The molecule has 1 saturated carbocycles. The molecule has 1 heterocycles. The predicted molar refractivity (Wildman–Crippen MR) is 82.8 cm³/mol. The molecule has 2 aliphatic rings. The van der Waals surface area contributed by atoms with Crippen molar-refractivity contribution in [2.24, 2.45) is 11.7 Å². The third-order valence-corrected chi connectivity index (χ3v) is 4.98. The Kier molecular flexibility index (Phi) is 4.06. The van der Waals surface area contributed by atoms with Crippen molar-refractivity contribution >= 4 is 5.84 Å². The second kappa shape index (κ2) is 5.96. The van der Waals surface area contributed by atoms with Crippen LogP contribution in [0.15, 0.2) is 24.3 Å². The van der Waals surface area contributed by atoms with Gasteiger partial charge in [0.05, 0.1) is 0 Å². The molecule has 0 amide bonds. The first kappa shape index (κ1) is 13.6. The number of fused-ring (bicyclic) bond motifs is 1. The monoisotopic (exact) mass is 271 g/mol. The normalized spacial score (nSPS) is 27.0. The summed E-state index contributed by atoms with van der Waals surface area (Å²) < 4.78 is 0. The zero-order chi connectivity index (χ0) is 13.9. The predicted octanol–water partition coefficient (Wildman–Crippen LogP) is 3.13. The minimum atomic E-state index is 0.168. The van der Waals surface area contributed by atoms with Gasteiger partial charge >= 0.3 is 0 Å². The summed E-state index contributed by atoms with van der Waals surface area (Å²) in [6.45, 7) is 2.24. The molecule has 2 fully saturated rings. The molecule has 1 aliphatic heterocycles. The van der Waals surface area contributed by atoms with Gasteiger partial charge in [-0.05, 0) is 49.8 Å². The van der Waals surface area contributed by atoms with Crippen molar-refractivity contribution in [3.63, 3.8) is 0 Å². The van der Waals surface area contributed by atoms with Crippen LogP contribution >= 0.6 is 0 Å². The van der Waals surface area contributed by atoms with Crippen molar-refractivity contribution in [2.75, 3.05) is 6.54 Å². The molecule has 3 N–H and O–H groups in total. The van der Waals surface area contributed by atoms with Gasteiger partial charge in [-0.1, -0.05) is 31.0 Å². The lowest BCUT2D eigenvalue weighted by Gasteiger charge is -2.44. The molecule has 2 unspecified atom stereocenters. The third-order valence-electron chi connectivity index (χ3n) is 4.98. The van der Waals surface area contributed by atoms with Crippen LogP contribution in [0.3, 0.4) is 0 Å². The summed E-state index contributed by atoms with van der Waals surface area (Å²) in [5.74, 6) is 1.09. The number of rotatable bonds is 3. The van der Waals surface area contributed by atoms with E-state index in [0.717, 1.165) is 24.1 Å². The molecule has 1 saturated heterocycles. The SMILES string of the molecule is N=C(N)c1cccc(CN2CCCC3CCCCC32)c1. The summed E-state index contributed by atoms with van der Waals surface area (Å²) in [6.07, 6.45) is 8.38. The van der Waals surface area contributed by atoms with E-state index in [9.17, 15) is 0 Å². The van der Waals surface area contributed by atoms with Gasteiger partial charge in [-0.2, -0.15) is 0 Å². The maximum Gasteiger partial charge on any atom is 0.122 e. The van der Waals surface area contributed by atoms with E-state index < -0.39 is 0 Å². The van der Waals surface area contributed by atoms with E-state index in [1.54, 1.807) is 0 Å².